The fourth-order valence-corrected chi connectivity index (χ4v) is 3.28. The van der Waals surface area contributed by atoms with Crippen LogP contribution in [0.5, 0.6) is 0 Å². The first-order valence-electron chi connectivity index (χ1n) is 7.25. The molecule has 0 fully saturated rings. The highest BCUT2D eigenvalue weighted by Crippen LogP contribution is 2.12. The van der Waals surface area contributed by atoms with Crippen molar-refractivity contribution in [3.8, 4) is 0 Å². The van der Waals surface area contributed by atoms with Gasteiger partial charge in [0.1, 0.15) is 0 Å². The molecule has 0 radical (unpaired) electrons. The van der Waals surface area contributed by atoms with E-state index >= 15 is 0 Å². The lowest BCUT2D eigenvalue weighted by atomic mass is 10.1. The third-order valence-electron chi connectivity index (χ3n) is 3.24. The zero-order valence-corrected chi connectivity index (χ0v) is 13.5. The van der Waals surface area contributed by atoms with Gasteiger partial charge in [-0.2, -0.15) is 0 Å². The highest BCUT2D eigenvalue weighted by molar-refractivity contribution is 7.89. The van der Waals surface area contributed by atoms with Crippen LogP contribution in [0.4, 0.5) is 0 Å². The van der Waals surface area contributed by atoms with Gasteiger partial charge >= 0.3 is 0 Å². The molecule has 1 rings (SSSR count). The van der Waals surface area contributed by atoms with Gasteiger partial charge in [0, 0.05) is 6.04 Å². The van der Waals surface area contributed by atoms with Gasteiger partial charge in [-0.15, -0.1) is 0 Å². The Morgan fingerprint density at radius 2 is 1.85 bits per heavy atom. The normalized spacial score (nSPS) is 13.3. The topological polar surface area (TPSA) is 58.2 Å². The summed E-state index contributed by atoms with van der Waals surface area (Å²) < 4.78 is 27.1. The van der Waals surface area contributed by atoms with Crippen LogP contribution in [-0.2, 0) is 16.4 Å². The molecule has 0 aliphatic heterocycles. The summed E-state index contributed by atoms with van der Waals surface area (Å²) in [6, 6.07) is 7.09. The Labute approximate surface area is 123 Å². The number of rotatable bonds is 9. The molecule has 1 aromatic rings. The van der Waals surface area contributed by atoms with Crippen LogP contribution >= 0.6 is 0 Å². The minimum Gasteiger partial charge on any atom is -0.319 e. The van der Waals surface area contributed by atoms with E-state index in [2.05, 4.69) is 17.0 Å². The van der Waals surface area contributed by atoms with Crippen molar-refractivity contribution in [1.82, 2.24) is 10.0 Å². The van der Waals surface area contributed by atoms with Gasteiger partial charge in [-0.1, -0.05) is 31.9 Å². The molecule has 0 heterocycles. The summed E-state index contributed by atoms with van der Waals surface area (Å²) in [5.74, 6) is 0. The van der Waals surface area contributed by atoms with Gasteiger partial charge < -0.3 is 5.32 Å². The van der Waals surface area contributed by atoms with Gasteiger partial charge in [0.15, 0.2) is 0 Å². The van der Waals surface area contributed by atoms with Crippen molar-refractivity contribution in [2.75, 3.05) is 13.6 Å². The maximum atomic E-state index is 12.2. The van der Waals surface area contributed by atoms with E-state index in [0.717, 1.165) is 37.8 Å². The molecule has 4 nitrogen and oxygen atoms in total. The van der Waals surface area contributed by atoms with E-state index < -0.39 is 10.0 Å². The third-order valence-corrected chi connectivity index (χ3v) is 4.85. The predicted octanol–water partition coefficient (Wildman–Crippen LogP) is 2.31. The molecule has 0 saturated heterocycles. The van der Waals surface area contributed by atoms with Gasteiger partial charge in [-0.3, -0.25) is 0 Å². The van der Waals surface area contributed by atoms with Crippen LogP contribution in [-0.4, -0.2) is 28.1 Å². The fraction of sp³-hybridized carbons (Fsp3) is 0.600. The van der Waals surface area contributed by atoms with E-state index in [9.17, 15) is 8.42 Å². The molecular formula is C15H26N2O2S. The second-order valence-electron chi connectivity index (χ2n) is 5.16. The van der Waals surface area contributed by atoms with Crippen LogP contribution in [0.15, 0.2) is 29.2 Å². The zero-order chi connectivity index (χ0) is 15.0. The van der Waals surface area contributed by atoms with Crippen LogP contribution in [0.25, 0.3) is 0 Å². The predicted molar refractivity (Wildman–Crippen MR) is 83.4 cm³/mol. The van der Waals surface area contributed by atoms with E-state index in [1.807, 2.05) is 26.1 Å². The molecule has 0 aliphatic carbocycles. The number of hydrogen-bond donors (Lipinski definition) is 2. The van der Waals surface area contributed by atoms with Crippen molar-refractivity contribution in [3.05, 3.63) is 29.8 Å². The summed E-state index contributed by atoms with van der Waals surface area (Å²) in [6.45, 7) is 4.90. The second kappa shape index (κ2) is 8.39. The van der Waals surface area contributed by atoms with Crippen LogP contribution in [0.2, 0.25) is 0 Å². The average Bonchev–Trinajstić information content (AvgIpc) is 2.43. The summed E-state index contributed by atoms with van der Waals surface area (Å²) in [5, 5.41) is 3.08. The summed E-state index contributed by atoms with van der Waals surface area (Å²) in [5.41, 5.74) is 1.14. The molecular weight excluding hydrogens is 272 g/mol. The van der Waals surface area contributed by atoms with Gasteiger partial charge in [0.2, 0.25) is 10.0 Å². The SMILES string of the molecule is CCCCC(C)NS(=O)(=O)c1ccc(CCNC)cc1. The largest absolute Gasteiger partial charge is 0.319 e. The molecule has 1 atom stereocenters. The summed E-state index contributed by atoms with van der Waals surface area (Å²) in [7, 11) is -1.49. The average molecular weight is 298 g/mol. The number of likely N-dealkylation sites (N-methyl/N-ethyl adjacent to an activating group) is 1. The van der Waals surface area contributed by atoms with Gasteiger partial charge in [-0.25, -0.2) is 13.1 Å². The lowest BCUT2D eigenvalue weighted by Crippen LogP contribution is -2.32. The van der Waals surface area contributed by atoms with Crippen molar-refractivity contribution in [3.63, 3.8) is 0 Å². The van der Waals surface area contributed by atoms with E-state index in [1.165, 1.54) is 0 Å². The summed E-state index contributed by atoms with van der Waals surface area (Å²) in [6.07, 6.45) is 3.88. The molecule has 0 bridgehead atoms. The van der Waals surface area contributed by atoms with Gasteiger partial charge in [0.25, 0.3) is 0 Å². The first-order chi connectivity index (χ1) is 9.49. The van der Waals surface area contributed by atoms with Crippen molar-refractivity contribution < 1.29 is 8.42 Å². The minimum absolute atomic E-state index is 0.0242. The second-order valence-corrected chi connectivity index (χ2v) is 6.88. The number of hydrogen-bond acceptors (Lipinski definition) is 3. The number of sulfonamides is 1. The summed E-state index contributed by atoms with van der Waals surface area (Å²) >= 11 is 0. The molecule has 5 heteroatoms. The number of unbranched alkanes of at least 4 members (excludes halogenated alkanes) is 1. The molecule has 0 saturated carbocycles. The highest BCUT2D eigenvalue weighted by Gasteiger charge is 2.16. The summed E-state index contributed by atoms with van der Waals surface area (Å²) in [4.78, 5) is 0.342. The van der Waals surface area contributed by atoms with Gasteiger partial charge in [0.05, 0.1) is 4.90 Å². The lowest BCUT2D eigenvalue weighted by Gasteiger charge is -2.14. The van der Waals surface area contributed by atoms with Crippen LogP contribution < -0.4 is 10.0 Å². The number of nitrogens with one attached hydrogen (secondary N) is 2. The van der Waals surface area contributed by atoms with Crippen molar-refractivity contribution in [1.29, 1.82) is 0 Å². The Balaban J connectivity index is 2.67. The maximum absolute atomic E-state index is 12.2. The van der Waals surface area contributed by atoms with E-state index in [1.54, 1.807) is 12.1 Å². The molecule has 1 aromatic carbocycles. The Kier molecular flexibility index (Phi) is 7.19. The Morgan fingerprint density at radius 3 is 2.40 bits per heavy atom. The smallest absolute Gasteiger partial charge is 0.240 e. The van der Waals surface area contributed by atoms with E-state index in [0.29, 0.717) is 4.90 Å². The first-order valence-corrected chi connectivity index (χ1v) is 8.73. The van der Waals surface area contributed by atoms with Crippen molar-refractivity contribution in [2.24, 2.45) is 0 Å². The molecule has 1 unspecified atom stereocenters. The molecule has 0 spiro atoms. The molecule has 2 N–H and O–H groups in total. The fourth-order valence-electron chi connectivity index (χ4n) is 2.01. The maximum Gasteiger partial charge on any atom is 0.240 e. The van der Waals surface area contributed by atoms with Crippen LogP contribution in [0.1, 0.15) is 38.7 Å². The van der Waals surface area contributed by atoms with E-state index in [4.69, 9.17) is 0 Å². The molecule has 114 valence electrons. The van der Waals surface area contributed by atoms with Crippen molar-refractivity contribution in [2.45, 2.75) is 50.5 Å². The molecule has 0 aliphatic rings. The lowest BCUT2D eigenvalue weighted by molar-refractivity contribution is 0.534. The van der Waals surface area contributed by atoms with Crippen molar-refractivity contribution >= 4 is 10.0 Å². The van der Waals surface area contributed by atoms with Gasteiger partial charge in [-0.05, 0) is 51.1 Å². The minimum atomic E-state index is -3.39. The Hall–Kier alpha value is -0.910. The molecule has 0 aromatic heterocycles. The Bertz CT molecular complexity index is 483. The highest BCUT2D eigenvalue weighted by atomic mass is 32.2. The monoisotopic (exact) mass is 298 g/mol. The number of benzene rings is 1. The van der Waals surface area contributed by atoms with Crippen LogP contribution in [0, 0.1) is 0 Å². The van der Waals surface area contributed by atoms with E-state index in [-0.39, 0.29) is 6.04 Å². The zero-order valence-electron chi connectivity index (χ0n) is 12.6. The third kappa shape index (κ3) is 5.61. The quantitative estimate of drug-likeness (QED) is 0.735. The first kappa shape index (κ1) is 17.1. The van der Waals surface area contributed by atoms with Crippen LogP contribution in [0.3, 0.4) is 0 Å². The molecule has 0 amide bonds. The standard InChI is InChI=1S/C15H26N2O2S/c1-4-5-6-13(2)17-20(18,19)15-9-7-14(8-10-15)11-12-16-3/h7-10,13,16-17H,4-6,11-12H2,1-3H3. The Morgan fingerprint density at radius 1 is 1.20 bits per heavy atom. The molecule has 20 heavy (non-hydrogen) atoms.